The maximum atomic E-state index is 13.2. The lowest BCUT2D eigenvalue weighted by Gasteiger charge is -2.66. The Morgan fingerprint density at radius 3 is 2.30 bits per heavy atom. The number of ether oxygens (including phenoxy) is 1. The SMILES string of the molecule is CC1(C)[C@]2(C(=O)N3CCOCC3)CC[C@@]1(C(Br)Br)[C@H]2Br. The summed E-state index contributed by atoms with van der Waals surface area (Å²) in [5.41, 5.74) is -0.166. The molecule has 3 nitrogen and oxygen atoms in total. The fourth-order valence-corrected chi connectivity index (χ4v) is 9.62. The van der Waals surface area contributed by atoms with Gasteiger partial charge in [-0.05, 0) is 18.3 Å². The van der Waals surface area contributed by atoms with E-state index in [0.29, 0.717) is 19.1 Å². The van der Waals surface area contributed by atoms with Gasteiger partial charge in [-0.2, -0.15) is 0 Å². The van der Waals surface area contributed by atoms with E-state index >= 15 is 0 Å². The fraction of sp³-hybridized carbons (Fsp3) is 0.929. The van der Waals surface area contributed by atoms with Gasteiger partial charge in [-0.25, -0.2) is 0 Å². The number of rotatable bonds is 2. The standard InChI is InChI=1S/C14H20Br3NO2/c1-12(2)13(10(16)17)3-4-14(12,9(13)15)11(19)18-5-7-20-8-6-18/h9-10H,3-8H2,1-2H3/t9-,13+,14-/m1/s1. The van der Waals surface area contributed by atoms with E-state index in [-0.39, 0.29) is 24.8 Å². The van der Waals surface area contributed by atoms with Crippen molar-refractivity contribution in [1.82, 2.24) is 4.90 Å². The average molecular weight is 474 g/mol. The normalized spacial score (nSPS) is 42.7. The van der Waals surface area contributed by atoms with Crippen LogP contribution in [0.25, 0.3) is 0 Å². The lowest BCUT2D eigenvalue weighted by molar-refractivity contribution is -0.176. The zero-order valence-corrected chi connectivity index (χ0v) is 16.6. The summed E-state index contributed by atoms with van der Waals surface area (Å²) < 4.78 is 5.61. The van der Waals surface area contributed by atoms with E-state index in [2.05, 4.69) is 61.6 Å². The molecule has 20 heavy (non-hydrogen) atoms. The molecule has 1 saturated heterocycles. The molecule has 3 saturated carbocycles. The lowest BCUT2D eigenvalue weighted by Crippen LogP contribution is -2.72. The first-order valence-electron chi connectivity index (χ1n) is 7.12. The first-order chi connectivity index (χ1) is 9.32. The van der Waals surface area contributed by atoms with E-state index < -0.39 is 0 Å². The second kappa shape index (κ2) is 4.93. The number of hydrogen-bond acceptors (Lipinski definition) is 2. The van der Waals surface area contributed by atoms with E-state index in [4.69, 9.17) is 4.74 Å². The maximum Gasteiger partial charge on any atom is 0.230 e. The Morgan fingerprint density at radius 2 is 1.85 bits per heavy atom. The second-order valence-electron chi connectivity index (χ2n) is 6.70. The Kier molecular flexibility index (Phi) is 3.89. The van der Waals surface area contributed by atoms with Crippen LogP contribution in [0, 0.1) is 16.2 Å². The van der Waals surface area contributed by atoms with Gasteiger partial charge in [0.15, 0.2) is 0 Å². The number of nitrogens with zero attached hydrogens (tertiary/aromatic N) is 1. The van der Waals surface area contributed by atoms with Crippen LogP contribution in [0.4, 0.5) is 0 Å². The molecule has 0 radical (unpaired) electrons. The van der Waals surface area contributed by atoms with E-state index in [9.17, 15) is 4.79 Å². The van der Waals surface area contributed by atoms with Gasteiger partial charge in [-0.3, -0.25) is 4.79 Å². The molecule has 0 aromatic heterocycles. The molecule has 4 aliphatic rings. The smallest absolute Gasteiger partial charge is 0.230 e. The second-order valence-corrected chi connectivity index (χ2v) is 10.7. The van der Waals surface area contributed by atoms with Crippen LogP contribution in [-0.4, -0.2) is 45.7 Å². The molecule has 2 bridgehead atoms. The fourth-order valence-electron chi connectivity index (χ4n) is 4.72. The number of alkyl halides is 3. The molecule has 0 N–H and O–H groups in total. The van der Waals surface area contributed by atoms with Crippen molar-refractivity contribution in [3.05, 3.63) is 0 Å². The molecule has 0 aromatic rings. The number of amides is 1. The number of halogens is 3. The molecule has 114 valence electrons. The quantitative estimate of drug-likeness (QED) is 0.574. The van der Waals surface area contributed by atoms with Gasteiger partial charge in [0.05, 0.1) is 22.4 Å². The van der Waals surface area contributed by atoms with E-state index in [1.807, 2.05) is 4.90 Å². The average Bonchev–Trinajstić information content (AvgIpc) is 2.88. The predicted octanol–water partition coefficient (Wildman–Crippen LogP) is 3.53. The van der Waals surface area contributed by atoms with Crippen molar-refractivity contribution in [1.29, 1.82) is 0 Å². The number of hydrogen-bond donors (Lipinski definition) is 0. The summed E-state index contributed by atoms with van der Waals surface area (Å²) in [7, 11) is 0. The minimum Gasteiger partial charge on any atom is -0.378 e. The first-order valence-corrected chi connectivity index (χ1v) is 9.86. The van der Waals surface area contributed by atoms with Crippen LogP contribution in [0.15, 0.2) is 0 Å². The van der Waals surface area contributed by atoms with Crippen molar-refractivity contribution in [3.63, 3.8) is 0 Å². The highest BCUT2D eigenvalue weighted by Crippen LogP contribution is 2.82. The topological polar surface area (TPSA) is 29.5 Å². The Balaban J connectivity index is 1.92. The summed E-state index contributed by atoms with van der Waals surface area (Å²) in [6.45, 7) is 7.31. The number of morpholine rings is 1. The van der Waals surface area contributed by atoms with Gasteiger partial charge in [-0.15, -0.1) is 0 Å². The molecule has 4 fully saturated rings. The highest BCUT2D eigenvalue weighted by Gasteiger charge is 2.83. The van der Waals surface area contributed by atoms with Crippen molar-refractivity contribution in [2.24, 2.45) is 16.2 Å². The molecule has 0 unspecified atom stereocenters. The van der Waals surface area contributed by atoms with Crippen molar-refractivity contribution >= 4 is 53.7 Å². The molecule has 4 rings (SSSR count). The Labute approximate surface area is 145 Å². The van der Waals surface area contributed by atoms with Crippen LogP contribution >= 0.6 is 47.8 Å². The van der Waals surface area contributed by atoms with Crippen molar-refractivity contribution in [2.45, 2.75) is 35.3 Å². The highest BCUT2D eigenvalue weighted by atomic mass is 79.9. The molecule has 0 spiro atoms. The predicted molar refractivity (Wildman–Crippen MR) is 89.6 cm³/mol. The summed E-state index contributed by atoms with van der Waals surface area (Å²) in [5.74, 6) is 0.321. The third-order valence-electron chi connectivity index (χ3n) is 6.17. The van der Waals surface area contributed by atoms with Gasteiger partial charge < -0.3 is 9.64 Å². The van der Waals surface area contributed by atoms with Crippen LogP contribution in [0.1, 0.15) is 26.7 Å². The molecular formula is C14H20Br3NO2. The van der Waals surface area contributed by atoms with Crippen LogP contribution in [0.5, 0.6) is 0 Å². The van der Waals surface area contributed by atoms with Gasteiger partial charge in [0, 0.05) is 23.3 Å². The van der Waals surface area contributed by atoms with E-state index in [0.717, 1.165) is 25.9 Å². The van der Waals surface area contributed by atoms with Crippen molar-refractivity contribution in [3.8, 4) is 0 Å². The van der Waals surface area contributed by atoms with Gasteiger partial charge in [-0.1, -0.05) is 61.6 Å². The molecule has 3 atom stereocenters. The number of carbonyl (C=O) groups excluding carboxylic acids is 1. The monoisotopic (exact) mass is 471 g/mol. The molecule has 1 amide bonds. The first kappa shape index (κ1) is 15.8. The van der Waals surface area contributed by atoms with Crippen LogP contribution in [0.2, 0.25) is 0 Å². The largest absolute Gasteiger partial charge is 0.378 e. The number of fused-ring (bicyclic) bond motifs is 1. The molecular weight excluding hydrogens is 454 g/mol. The lowest BCUT2D eigenvalue weighted by atomic mass is 9.43. The maximum absolute atomic E-state index is 13.2. The van der Waals surface area contributed by atoms with E-state index in [1.54, 1.807) is 0 Å². The van der Waals surface area contributed by atoms with E-state index in [1.165, 1.54) is 0 Å². The van der Waals surface area contributed by atoms with Crippen LogP contribution in [-0.2, 0) is 9.53 Å². The van der Waals surface area contributed by atoms with Crippen molar-refractivity contribution < 1.29 is 9.53 Å². The Morgan fingerprint density at radius 1 is 1.25 bits per heavy atom. The van der Waals surface area contributed by atoms with Gasteiger partial charge in [0.1, 0.15) is 0 Å². The summed E-state index contributed by atoms with van der Waals surface area (Å²) >= 11 is 11.3. The Hall–Kier alpha value is 0.870. The molecule has 6 heteroatoms. The Bertz CT molecular complexity index is 436. The van der Waals surface area contributed by atoms with Crippen molar-refractivity contribution in [2.75, 3.05) is 26.3 Å². The highest BCUT2D eigenvalue weighted by molar-refractivity contribution is 9.24. The zero-order chi connectivity index (χ0) is 14.8. The summed E-state index contributed by atoms with van der Waals surface area (Å²) in [6, 6.07) is 0. The third kappa shape index (κ3) is 1.57. The third-order valence-corrected chi connectivity index (χ3v) is 9.40. The molecule has 0 aromatic carbocycles. The van der Waals surface area contributed by atoms with Crippen LogP contribution < -0.4 is 0 Å². The summed E-state index contributed by atoms with van der Waals surface area (Å²) in [6.07, 6.45) is 2.05. The minimum absolute atomic E-state index is 0.0127. The van der Waals surface area contributed by atoms with Crippen LogP contribution in [0.3, 0.4) is 0 Å². The molecule has 3 aliphatic carbocycles. The minimum atomic E-state index is -0.260. The summed E-state index contributed by atoms with van der Waals surface area (Å²) in [5, 5.41) is 0. The zero-order valence-electron chi connectivity index (χ0n) is 11.8. The molecule has 1 aliphatic heterocycles. The van der Waals surface area contributed by atoms with Gasteiger partial charge in [0.25, 0.3) is 0 Å². The van der Waals surface area contributed by atoms with Gasteiger partial charge in [0.2, 0.25) is 5.91 Å². The number of carbonyl (C=O) groups is 1. The summed E-state index contributed by atoms with van der Waals surface area (Å²) in [4.78, 5) is 15.4. The van der Waals surface area contributed by atoms with Gasteiger partial charge >= 0.3 is 0 Å². The molecule has 1 heterocycles.